The first-order chi connectivity index (χ1) is 13.5. The molecule has 0 unspecified atom stereocenters. The summed E-state index contributed by atoms with van der Waals surface area (Å²) in [5.74, 6) is -0.974. The van der Waals surface area contributed by atoms with Crippen LogP contribution in [0.25, 0.3) is 16.6 Å². The van der Waals surface area contributed by atoms with Gasteiger partial charge in [0.15, 0.2) is 5.16 Å². The van der Waals surface area contributed by atoms with Crippen molar-refractivity contribution in [3.05, 3.63) is 98.8 Å². The number of aromatic nitrogens is 2. The van der Waals surface area contributed by atoms with Gasteiger partial charge in [0.1, 0.15) is 11.6 Å². The van der Waals surface area contributed by atoms with Crippen LogP contribution in [0.2, 0.25) is 0 Å². The zero-order valence-corrected chi connectivity index (χ0v) is 16.8. The molecule has 0 radical (unpaired) electrons. The van der Waals surface area contributed by atoms with Crippen LogP contribution in [0.5, 0.6) is 0 Å². The van der Waals surface area contributed by atoms with Crippen LogP contribution in [-0.4, -0.2) is 9.55 Å². The third kappa shape index (κ3) is 3.72. The van der Waals surface area contributed by atoms with E-state index < -0.39 is 17.2 Å². The Kier molecular flexibility index (Phi) is 5.28. The molecular formula is C21H13BrF2N2OS. The standard InChI is InChI=1S/C21H13BrF2N2OS/c22-14-7-5-13(6-8-14)12-28-21-25-18-4-2-1-3-16(18)20(27)26(21)19-10-9-15(23)11-17(19)24/h1-11H,12H2. The molecule has 0 atom stereocenters. The molecule has 0 bridgehead atoms. The van der Waals surface area contributed by atoms with Crippen molar-refractivity contribution in [1.29, 1.82) is 0 Å². The number of hydrogen-bond acceptors (Lipinski definition) is 3. The zero-order valence-electron chi connectivity index (χ0n) is 14.4. The van der Waals surface area contributed by atoms with Crippen molar-refractivity contribution in [2.24, 2.45) is 0 Å². The molecule has 0 saturated heterocycles. The van der Waals surface area contributed by atoms with Crippen molar-refractivity contribution in [3.63, 3.8) is 0 Å². The van der Waals surface area contributed by atoms with Crippen molar-refractivity contribution in [3.8, 4) is 5.69 Å². The fraction of sp³-hybridized carbons (Fsp3) is 0.0476. The first kappa shape index (κ1) is 18.8. The van der Waals surface area contributed by atoms with E-state index in [9.17, 15) is 13.6 Å². The van der Waals surface area contributed by atoms with Crippen LogP contribution in [-0.2, 0) is 5.75 Å². The van der Waals surface area contributed by atoms with E-state index >= 15 is 0 Å². The molecule has 1 heterocycles. The molecule has 1 aromatic heterocycles. The van der Waals surface area contributed by atoms with Crippen molar-refractivity contribution < 1.29 is 8.78 Å². The summed E-state index contributed by atoms with van der Waals surface area (Å²) < 4.78 is 30.0. The van der Waals surface area contributed by atoms with Gasteiger partial charge < -0.3 is 0 Å². The molecule has 3 nitrogen and oxygen atoms in total. The number of fused-ring (bicyclic) bond motifs is 1. The highest BCUT2D eigenvalue weighted by atomic mass is 79.9. The Labute approximate surface area is 172 Å². The van der Waals surface area contributed by atoms with E-state index in [1.165, 1.54) is 22.4 Å². The number of benzene rings is 3. The molecule has 28 heavy (non-hydrogen) atoms. The summed E-state index contributed by atoms with van der Waals surface area (Å²) in [5.41, 5.74) is 1.14. The second-order valence-corrected chi connectivity index (χ2v) is 7.92. The van der Waals surface area contributed by atoms with Crippen LogP contribution in [0, 0.1) is 11.6 Å². The third-order valence-electron chi connectivity index (χ3n) is 4.18. The van der Waals surface area contributed by atoms with Crippen molar-refractivity contribution >= 4 is 38.6 Å². The SMILES string of the molecule is O=c1c2ccccc2nc(SCc2ccc(Br)cc2)n1-c1ccc(F)cc1F. The quantitative estimate of drug-likeness (QED) is 0.289. The summed E-state index contributed by atoms with van der Waals surface area (Å²) in [6.45, 7) is 0. The molecule has 0 N–H and O–H groups in total. The van der Waals surface area contributed by atoms with E-state index in [0.717, 1.165) is 22.2 Å². The van der Waals surface area contributed by atoms with Gasteiger partial charge in [0.25, 0.3) is 5.56 Å². The Morgan fingerprint density at radius 2 is 1.75 bits per heavy atom. The predicted molar refractivity (Wildman–Crippen MR) is 111 cm³/mol. The minimum atomic E-state index is -0.815. The first-order valence-electron chi connectivity index (χ1n) is 8.37. The van der Waals surface area contributed by atoms with Crippen molar-refractivity contribution in [2.75, 3.05) is 0 Å². The predicted octanol–water partition coefficient (Wildman–Crippen LogP) is 5.72. The Hall–Kier alpha value is -2.51. The summed E-state index contributed by atoms with van der Waals surface area (Å²) in [4.78, 5) is 17.7. The molecule has 140 valence electrons. The number of para-hydroxylation sites is 1. The molecule has 0 fully saturated rings. The van der Waals surface area contributed by atoms with E-state index in [0.29, 0.717) is 21.8 Å². The molecule has 3 aromatic carbocycles. The van der Waals surface area contributed by atoms with Crippen LogP contribution < -0.4 is 5.56 Å². The number of halogens is 3. The van der Waals surface area contributed by atoms with E-state index in [4.69, 9.17) is 0 Å². The van der Waals surface area contributed by atoms with Crippen LogP contribution >= 0.6 is 27.7 Å². The maximum absolute atomic E-state index is 14.5. The summed E-state index contributed by atoms with van der Waals surface area (Å²) in [7, 11) is 0. The highest BCUT2D eigenvalue weighted by Crippen LogP contribution is 2.26. The maximum Gasteiger partial charge on any atom is 0.266 e. The second kappa shape index (κ2) is 7.85. The number of thioether (sulfide) groups is 1. The molecule has 0 spiro atoms. The fourth-order valence-corrected chi connectivity index (χ4v) is 4.04. The number of rotatable bonds is 4. The van der Waals surface area contributed by atoms with Gasteiger partial charge in [-0.1, -0.05) is 52.0 Å². The smallest absolute Gasteiger partial charge is 0.266 e. The molecule has 4 aromatic rings. The van der Waals surface area contributed by atoms with Crippen LogP contribution in [0.4, 0.5) is 8.78 Å². The van der Waals surface area contributed by atoms with E-state index in [1.807, 2.05) is 24.3 Å². The molecule has 0 aliphatic heterocycles. The van der Waals surface area contributed by atoms with Crippen LogP contribution in [0.15, 0.2) is 81.2 Å². The van der Waals surface area contributed by atoms with Gasteiger partial charge in [-0.25, -0.2) is 13.8 Å². The molecule has 7 heteroatoms. The van der Waals surface area contributed by atoms with Gasteiger partial charge >= 0.3 is 0 Å². The molecule has 0 aliphatic rings. The number of hydrogen-bond donors (Lipinski definition) is 0. The molecule has 0 amide bonds. The van der Waals surface area contributed by atoms with Crippen LogP contribution in [0.3, 0.4) is 0 Å². The Morgan fingerprint density at radius 1 is 1.00 bits per heavy atom. The largest absolute Gasteiger partial charge is 0.268 e. The monoisotopic (exact) mass is 458 g/mol. The highest BCUT2D eigenvalue weighted by Gasteiger charge is 2.16. The van der Waals surface area contributed by atoms with Gasteiger partial charge in [-0.2, -0.15) is 0 Å². The summed E-state index contributed by atoms with van der Waals surface area (Å²) in [6, 6.07) is 17.8. The summed E-state index contributed by atoms with van der Waals surface area (Å²) in [5, 5.41) is 0.719. The first-order valence-corrected chi connectivity index (χ1v) is 10.2. The van der Waals surface area contributed by atoms with Gasteiger partial charge in [-0.3, -0.25) is 9.36 Å². The topological polar surface area (TPSA) is 34.9 Å². The normalized spacial score (nSPS) is 11.1. The zero-order chi connectivity index (χ0) is 19.7. The lowest BCUT2D eigenvalue weighted by molar-refractivity contribution is 0.572. The Bertz CT molecular complexity index is 1230. The van der Waals surface area contributed by atoms with E-state index in [2.05, 4.69) is 20.9 Å². The second-order valence-electron chi connectivity index (χ2n) is 6.06. The lowest BCUT2D eigenvalue weighted by atomic mass is 10.2. The van der Waals surface area contributed by atoms with Gasteiger partial charge in [0.2, 0.25) is 0 Å². The molecule has 0 saturated carbocycles. The average molecular weight is 459 g/mol. The van der Waals surface area contributed by atoms with Crippen molar-refractivity contribution in [2.45, 2.75) is 10.9 Å². The van der Waals surface area contributed by atoms with E-state index in [-0.39, 0.29) is 5.69 Å². The molecular weight excluding hydrogens is 446 g/mol. The molecule has 4 rings (SSSR count). The average Bonchev–Trinajstić information content (AvgIpc) is 2.69. The van der Waals surface area contributed by atoms with Gasteiger partial charge in [0, 0.05) is 16.3 Å². The van der Waals surface area contributed by atoms with Crippen molar-refractivity contribution in [1.82, 2.24) is 9.55 Å². The van der Waals surface area contributed by atoms with E-state index in [1.54, 1.807) is 24.3 Å². The number of nitrogens with zero attached hydrogens (tertiary/aromatic N) is 2. The minimum Gasteiger partial charge on any atom is -0.268 e. The summed E-state index contributed by atoms with van der Waals surface area (Å²) >= 11 is 4.72. The third-order valence-corrected chi connectivity index (χ3v) is 5.72. The van der Waals surface area contributed by atoms with Gasteiger partial charge in [-0.05, 0) is 42.0 Å². The minimum absolute atomic E-state index is 0.0250. The highest BCUT2D eigenvalue weighted by molar-refractivity contribution is 9.10. The fourth-order valence-electron chi connectivity index (χ4n) is 2.81. The lowest BCUT2D eigenvalue weighted by Crippen LogP contribution is -2.22. The van der Waals surface area contributed by atoms with Gasteiger partial charge in [-0.15, -0.1) is 0 Å². The Balaban J connectivity index is 1.85. The molecule has 0 aliphatic carbocycles. The van der Waals surface area contributed by atoms with Gasteiger partial charge in [0.05, 0.1) is 16.6 Å². The lowest BCUT2D eigenvalue weighted by Gasteiger charge is -2.14. The summed E-state index contributed by atoms with van der Waals surface area (Å²) in [6.07, 6.45) is 0. The van der Waals surface area contributed by atoms with Crippen LogP contribution in [0.1, 0.15) is 5.56 Å². The Morgan fingerprint density at radius 3 is 2.50 bits per heavy atom. The maximum atomic E-state index is 14.5.